The van der Waals surface area contributed by atoms with Crippen molar-refractivity contribution in [1.29, 1.82) is 0 Å². The molecule has 0 aromatic rings. The number of carbonyl (C=O) groups is 1. The van der Waals surface area contributed by atoms with Crippen LogP contribution in [-0.4, -0.2) is 48.8 Å². The van der Waals surface area contributed by atoms with E-state index in [1.807, 2.05) is 0 Å². The van der Waals surface area contributed by atoms with E-state index >= 15 is 0 Å². The fraction of sp³-hybridized carbons (Fsp3) is 0.909. The predicted octanol–water partition coefficient (Wildman–Crippen LogP) is 0.962. The van der Waals surface area contributed by atoms with Crippen molar-refractivity contribution in [3.63, 3.8) is 0 Å². The molecule has 15 heavy (non-hydrogen) atoms. The zero-order valence-electron chi connectivity index (χ0n) is 9.24. The molecule has 2 aliphatic rings. The number of ether oxygens (including phenoxy) is 1. The molecule has 1 aliphatic heterocycles. The van der Waals surface area contributed by atoms with Crippen molar-refractivity contribution >= 4 is 5.97 Å². The first-order valence-electron chi connectivity index (χ1n) is 5.60. The van der Waals surface area contributed by atoms with Gasteiger partial charge in [0.2, 0.25) is 0 Å². The van der Waals surface area contributed by atoms with Gasteiger partial charge in [0.25, 0.3) is 0 Å². The van der Waals surface area contributed by atoms with Crippen molar-refractivity contribution in [3.8, 4) is 0 Å². The lowest BCUT2D eigenvalue weighted by Crippen LogP contribution is -2.61. The SMILES string of the molecule is COC(CC(=O)O)CN1CC2(CCC2)C1. The highest BCUT2D eigenvalue weighted by Gasteiger charge is 2.47. The summed E-state index contributed by atoms with van der Waals surface area (Å²) in [5, 5.41) is 8.68. The lowest BCUT2D eigenvalue weighted by atomic mass is 9.63. The number of methoxy groups -OCH3 is 1. The van der Waals surface area contributed by atoms with E-state index < -0.39 is 5.97 Å². The Kier molecular flexibility index (Phi) is 2.98. The number of hydrogen-bond acceptors (Lipinski definition) is 3. The fourth-order valence-electron chi connectivity index (χ4n) is 2.73. The summed E-state index contributed by atoms with van der Waals surface area (Å²) < 4.78 is 5.16. The minimum absolute atomic E-state index is 0.111. The molecule has 1 saturated heterocycles. The first-order valence-corrected chi connectivity index (χ1v) is 5.60. The molecule has 0 aromatic heterocycles. The van der Waals surface area contributed by atoms with Crippen molar-refractivity contribution in [3.05, 3.63) is 0 Å². The Morgan fingerprint density at radius 2 is 2.20 bits per heavy atom. The van der Waals surface area contributed by atoms with E-state index in [1.165, 1.54) is 19.3 Å². The number of rotatable bonds is 5. The van der Waals surface area contributed by atoms with E-state index in [4.69, 9.17) is 9.84 Å². The molecule has 0 amide bonds. The van der Waals surface area contributed by atoms with Crippen molar-refractivity contribution in [2.75, 3.05) is 26.7 Å². The minimum Gasteiger partial charge on any atom is -0.481 e. The van der Waals surface area contributed by atoms with E-state index in [1.54, 1.807) is 7.11 Å². The third kappa shape index (κ3) is 2.32. The Labute approximate surface area is 90.2 Å². The number of nitrogens with zero attached hydrogens (tertiary/aromatic N) is 1. The summed E-state index contributed by atoms with van der Waals surface area (Å²) in [7, 11) is 1.59. The molecule has 4 heteroatoms. The second kappa shape index (κ2) is 4.10. The first-order chi connectivity index (χ1) is 7.13. The number of carboxylic acids is 1. The van der Waals surface area contributed by atoms with E-state index in [2.05, 4.69) is 4.90 Å². The molecule has 0 aromatic carbocycles. The summed E-state index contributed by atoms with van der Waals surface area (Å²) in [4.78, 5) is 12.9. The third-order valence-corrected chi connectivity index (χ3v) is 3.73. The van der Waals surface area contributed by atoms with Gasteiger partial charge in [-0.05, 0) is 18.3 Å². The predicted molar refractivity (Wildman–Crippen MR) is 55.8 cm³/mol. The molecular formula is C11H19NO3. The van der Waals surface area contributed by atoms with E-state index in [0.717, 1.165) is 19.6 Å². The summed E-state index contributed by atoms with van der Waals surface area (Å²) in [6.07, 6.45) is 4.05. The second-order valence-corrected chi connectivity index (χ2v) is 4.98. The maximum Gasteiger partial charge on any atom is 0.306 e. The average Bonchev–Trinajstić information content (AvgIpc) is 2.04. The summed E-state index contributed by atoms with van der Waals surface area (Å²) >= 11 is 0. The topological polar surface area (TPSA) is 49.8 Å². The van der Waals surface area contributed by atoms with Crippen LogP contribution in [0.3, 0.4) is 0 Å². The maximum absolute atomic E-state index is 10.6. The van der Waals surface area contributed by atoms with Crippen LogP contribution < -0.4 is 0 Å². The highest BCUT2D eigenvalue weighted by Crippen LogP contribution is 2.48. The van der Waals surface area contributed by atoms with Crippen molar-refractivity contribution in [2.45, 2.75) is 31.8 Å². The van der Waals surface area contributed by atoms with Gasteiger partial charge in [-0.1, -0.05) is 6.42 Å². The molecule has 2 rings (SSSR count). The average molecular weight is 213 g/mol. The zero-order valence-corrected chi connectivity index (χ0v) is 9.24. The summed E-state index contributed by atoms with van der Waals surface area (Å²) in [5.74, 6) is -0.777. The Hall–Kier alpha value is -0.610. The minimum atomic E-state index is -0.777. The van der Waals surface area contributed by atoms with Gasteiger partial charge in [-0.25, -0.2) is 0 Å². The maximum atomic E-state index is 10.6. The standard InChI is InChI=1S/C11H19NO3/c1-15-9(5-10(13)14)6-12-7-11(8-12)3-2-4-11/h9H,2-8H2,1H3,(H,13,14). The van der Waals surface area contributed by atoms with Crippen LogP contribution >= 0.6 is 0 Å². The molecule has 1 N–H and O–H groups in total. The molecule has 2 fully saturated rings. The Balaban J connectivity index is 1.70. The smallest absolute Gasteiger partial charge is 0.306 e. The largest absolute Gasteiger partial charge is 0.481 e. The molecule has 0 radical (unpaired) electrons. The van der Waals surface area contributed by atoms with Crippen LogP contribution in [0.1, 0.15) is 25.7 Å². The molecule has 1 saturated carbocycles. The Bertz CT molecular complexity index is 242. The number of aliphatic carboxylic acids is 1. The van der Waals surface area contributed by atoms with Gasteiger partial charge in [0.1, 0.15) is 0 Å². The van der Waals surface area contributed by atoms with Crippen LogP contribution in [0.25, 0.3) is 0 Å². The third-order valence-electron chi connectivity index (χ3n) is 3.73. The highest BCUT2D eigenvalue weighted by atomic mass is 16.5. The Morgan fingerprint density at radius 3 is 2.60 bits per heavy atom. The summed E-state index contributed by atoms with van der Waals surface area (Å²) in [5.41, 5.74) is 0.613. The summed E-state index contributed by atoms with van der Waals surface area (Å²) in [6, 6.07) is 0. The monoisotopic (exact) mass is 213 g/mol. The zero-order chi connectivity index (χ0) is 10.9. The van der Waals surface area contributed by atoms with Crippen molar-refractivity contribution in [2.24, 2.45) is 5.41 Å². The van der Waals surface area contributed by atoms with Crippen LogP contribution in [-0.2, 0) is 9.53 Å². The van der Waals surface area contributed by atoms with Gasteiger partial charge in [0.05, 0.1) is 12.5 Å². The molecule has 1 unspecified atom stereocenters. The van der Waals surface area contributed by atoms with Crippen LogP contribution in [0.2, 0.25) is 0 Å². The van der Waals surface area contributed by atoms with Gasteiger partial charge in [0.15, 0.2) is 0 Å². The molecule has 86 valence electrons. The summed E-state index contributed by atoms with van der Waals surface area (Å²) in [6.45, 7) is 3.06. The molecule has 1 atom stereocenters. The number of likely N-dealkylation sites (tertiary alicyclic amines) is 1. The van der Waals surface area contributed by atoms with Crippen LogP contribution in [0, 0.1) is 5.41 Å². The molecule has 0 bridgehead atoms. The second-order valence-electron chi connectivity index (χ2n) is 4.98. The lowest BCUT2D eigenvalue weighted by molar-refractivity contribution is -0.141. The number of hydrogen-bond donors (Lipinski definition) is 1. The molecule has 1 aliphatic carbocycles. The first kappa shape index (κ1) is 10.9. The number of carboxylic acid groups (broad SMARTS) is 1. The van der Waals surface area contributed by atoms with E-state index in [9.17, 15) is 4.79 Å². The highest BCUT2D eigenvalue weighted by molar-refractivity contribution is 5.67. The molecule has 1 heterocycles. The van der Waals surface area contributed by atoms with Crippen LogP contribution in [0.4, 0.5) is 0 Å². The van der Waals surface area contributed by atoms with E-state index in [-0.39, 0.29) is 12.5 Å². The van der Waals surface area contributed by atoms with Gasteiger partial charge in [-0.3, -0.25) is 9.69 Å². The fourth-order valence-corrected chi connectivity index (χ4v) is 2.73. The quantitative estimate of drug-likeness (QED) is 0.739. The van der Waals surface area contributed by atoms with Gasteiger partial charge in [-0.15, -0.1) is 0 Å². The molecule has 1 spiro atoms. The van der Waals surface area contributed by atoms with Gasteiger partial charge in [0, 0.05) is 26.7 Å². The van der Waals surface area contributed by atoms with Crippen molar-refractivity contribution in [1.82, 2.24) is 4.90 Å². The molecule has 4 nitrogen and oxygen atoms in total. The van der Waals surface area contributed by atoms with Crippen LogP contribution in [0.15, 0.2) is 0 Å². The Morgan fingerprint density at radius 1 is 1.53 bits per heavy atom. The van der Waals surface area contributed by atoms with Crippen LogP contribution in [0.5, 0.6) is 0 Å². The van der Waals surface area contributed by atoms with Gasteiger partial charge >= 0.3 is 5.97 Å². The lowest BCUT2D eigenvalue weighted by Gasteiger charge is -2.56. The molecular weight excluding hydrogens is 194 g/mol. The van der Waals surface area contributed by atoms with E-state index in [0.29, 0.717) is 5.41 Å². The van der Waals surface area contributed by atoms with Gasteiger partial charge < -0.3 is 9.84 Å². The normalized spacial score (nSPS) is 25.7. The van der Waals surface area contributed by atoms with Gasteiger partial charge in [-0.2, -0.15) is 0 Å². The van der Waals surface area contributed by atoms with Crippen molar-refractivity contribution < 1.29 is 14.6 Å².